The Morgan fingerprint density at radius 2 is 1.71 bits per heavy atom. The van der Waals surface area contributed by atoms with Crippen LogP contribution in [0.2, 0.25) is 0 Å². The Morgan fingerprint density at radius 3 is 2.21 bits per heavy atom. The van der Waals surface area contributed by atoms with Crippen molar-refractivity contribution in [2.24, 2.45) is 5.73 Å². The molecule has 0 aromatic heterocycles. The molecule has 126 valence electrons. The number of alkyl halides is 3. The number of halogens is 5. The van der Waals surface area contributed by atoms with Crippen LogP contribution in [0.15, 0.2) is 30.3 Å². The predicted molar refractivity (Wildman–Crippen MR) is 72.0 cm³/mol. The highest BCUT2D eigenvalue weighted by atomic mass is 19.4. The first-order valence-corrected chi connectivity index (χ1v) is 6.17. The van der Waals surface area contributed by atoms with E-state index in [0.717, 1.165) is 6.07 Å². The molecule has 24 heavy (non-hydrogen) atoms. The van der Waals surface area contributed by atoms with E-state index in [4.69, 9.17) is 5.73 Å². The van der Waals surface area contributed by atoms with Gasteiger partial charge in [0.2, 0.25) is 0 Å². The van der Waals surface area contributed by atoms with Crippen molar-refractivity contribution in [1.82, 2.24) is 0 Å². The Morgan fingerprint density at radius 1 is 1.08 bits per heavy atom. The topological polar surface area (TPSA) is 86.2 Å². The number of rotatable bonds is 3. The molecule has 0 saturated carbocycles. The Balaban J connectivity index is 2.78. The Labute approximate surface area is 130 Å². The third kappa shape index (κ3) is 3.16. The average molecular weight is 346 g/mol. The van der Waals surface area contributed by atoms with E-state index in [9.17, 15) is 36.9 Å². The summed E-state index contributed by atoms with van der Waals surface area (Å²) in [7, 11) is 0. The van der Waals surface area contributed by atoms with Gasteiger partial charge in [-0.25, -0.2) is 8.78 Å². The van der Waals surface area contributed by atoms with Gasteiger partial charge in [0, 0.05) is 17.7 Å². The van der Waals surface area contributed by atoms with Gasteiger partial charge in [0.15, 0.2) is 0 Å². The molecule has 0 fully saturated rings. The monoisotopic (exact) mass is 346 g/mol. The molecular weight excluding hydrogens is 339 g/mol. The minimum Gasteiger partial charge on any atom is -0.365 e. The smallest absolute Gasteiger partial charge is 0.365 e. The van der Waals surface area contributed by atoms with Gasteiger partial charge in [-0.3, -0.25) is 14.9 Å². The summed E-state index contributed by atoms with van der Waals surface area (Å²) in [4.78, 5) is 20.9. The Hall–Kier alpha value is -3.04. The maximum absolute atomic E-state index is 13.9. The summed E-state index contributed by atoms with van der Waals surface area (Å²) in [5, 5.41) is 10.7. The van der Waals surface area contributed by atoms with Gasteiger partial charge in [-0.2, -0.15) is 13.2 Å². The number of nitro groups is 1. The predicted octanol–water partition coefficient (Wildman–Crippen LogP) is 3.66. The third-order valence-electron chi connectivity index (χ3n) is 3.11. The summed E-state index contributed by atoms with van der Waals surface area (Å²) in [6.07, 6.45) is -5.14. The molecule has 0 aliphatic rings. The average Bonchev–Trinajstić information content (AvgIpc) is 2.45. The SMILES string of the molecule is NC(=O)c1c(F)cc(-c2cc([N+](=O)[O-])ccc2F)cc1C(F)(F)F. The number of nitrogens with two attached hydrogens (primary N) is 1. The molecule has 2 N–H and O–H groups in total. The normalized spacial score (nSPS) is 11.4. The quantitative estimate of drug-likeness (QED) is 0.523. The largest absolute Gasteiger partial charge is 0.417 e. The lowest BCUT2D eigenvalue weighted by Gasteiger charge is -2.14. The maximum atomic E-state index is 13.9. The van der Waals surface area contributed by atoms with Crippen LogP contribution < -0.4 is 5.73 Å². The standard InChI is InChI=1S/C14H7F5N2O3/c15-10-2-1-7(21(23)24)5-8(10)6-3-9(14(17,18)19)12(13(20)22)11(16)4-6/h1-5H,(H2,20,22). The van der Waals surface area contributed by atoms with Crippen LogP contribution in [0.4, 0.5) is 27.6 Å². The lowest BCUT2D eigenvalue weighted by molar-refractivity contribution is -0.384. The van der Waals surface area contributed by atoms with E-state index in [2.05, 4.69) is 0 Å². The summed E-state index contributed by atoms with van der Waals surface area (Å²) in [5.74, 6) is -4.36. The van der Waals surface area contributed by atoms with Crippen LogP contribution in [0.1, 0.15) is 15.9 Å². The second-order valence-corrected chi connectivity index (χ2v) is 4.66. The van der Waals surface area contributed by atoms with Crippen molar-refractivity contribution < 1.29 is 31.7 Å². The fourth-order valence-corrected chi connectivity index (χ4v) is 2.08. The minimum absolute atomic E-state index is 0.311. The van der Waals surface area contributed by atoms with Crippen LogP contribution in [0.5, 0.6) is 0 Å². The van der Waals surface area contributed by atoms with Gasteiger partial charge in [-0.1, -0.05) is 0 Å². The molecule has 0 saturated heterocycles. The number of hydrogen-bond acceptors (Lipinski definition) is 3. The molecule has 2 aromatic rings. The van der Waals surface area contributed by atoms with Gasteiger partial charge in [-0.05, 0) is 23.8 Å². The summed E-state index contributed by atoms with van der Waals surface area (Å²) < 4.78 is 66.8. The second kappa shape index (κ2) is 5.87. The van der Waals surface area contributed by atoms with Crippen LogP contribution in [0.25, 0.3) is 11.1 Å². The summed E-state index contributed by atoms with van der Waals surface area (Å²) in [5.41, 5.74) is -0.176. The lowest BCUT2D eigenvalue weighted by atomic mass is 9.97. The summed E-state index contributed by atoms with van der Waals surface area (Å²) in [6, 6.07) is 2.90. The molecule has 1 amide bonds. The Bertz CT molecular complexity index is 849. The lowest BCUT2D eigenvalue weighted by Crippen LogP contribution is -2.21. The van der Waals surface area contributed by atoms with E-state index in [1.807, 2.05) is 0 Å². The zero-order chi connectivity index (χ0) is 18.2. The minimum atomic E-state index is -5.14. The zero-order valence-electron chi connectivity index (χ0n) is 11.5. The molecule has 2 rings (SSSR count). The van der Waals surface area contributed by atoms with Crippen molar-refractivity contribution in [3.8, 4) is 11.1 Å². The molecule has 10 heteroatoms. The van der Waals surface area contributed by atoms with Crippen molar-refractivity contribution >= 4 is 11.6 Å². The van der Waals surface area contributed by atoms with Crippen LogP contribution in [0.3, 0.4) is 0 Å². The fraction of sp³-hybridized carbons (Fsp3) is 0.0714. The summed E-state index contributed by atoms with van der Waals surface area (Å²) in [6.45, 7) is 0. The molecule has 0 atom stereocenters. The second-order valence-electron chi connectivity index (χ2n) is 4.66. The van der Waals surface area contributed by atoms with Crippen molar-refractivity contribution in [3.63, 3.8) is 0 Å². The first-order valence-electron chi connectivity index (χ1n) is 6.17. The highest BCUT2D eigenvalue weighted by molar-refractivity contribution is 5.95. The van der Waals surface area contributed by atoms with Gasteiger partial charge in [-0.15, -0.1) is 0 Å². The first-order chi connectivity index (χ1) is 11.0. The van der Waals surface area contributed by atoms with Crippen molar-refractivity contribution in [1.29, 1.82) is 0 Å². The van der Waals surface area contributed by atoms with E-state index < -0.39 is 56.6 Å². The molecule has 0 aliphatic carbocycles. The number of amides is 1. The Kier molecular flexibility index (Phi) is 4.24. The summed E-state index contributed by atoms with van der Waals surface area (Å²) >= 11 is 0. The van der Waals surface area contributed by atoms with E-state index >= 15 is 0 Å². The molecule has 2 aromatic carbocycles. The third-order valence-corrected chi connectivity index (χ3v) is 3.11. The van der Waals surface area contributed by atoms with Gasteiger partial charge < -0.3 is 5.73 Å². The molecular formula is C14H7F5N2O3. The number of benzene rings is 2. The van der Waals surface area contributed by atoms with E-state index in [-0.39, 0.29) is 0 Å². The van der Waals surface area contributed by atoms with Crippen LogP contribution in [0, 0.1) is 21.7 Å². The van der Waals surface area contributed by atoms with Crippen LogP contribution in [-0.2, 0) is 6.18 Å². The van der Waals surface area contributed by atoms with Crippen molar-refractivity contribution in [2.75, 3.05) is 0 Å². The van der Waals surface area contributed by atoms with E-state index in [0.29, 0.717) is 24.3 Å². The zero-order valence-corrected chi connectivity index (χ0v) is 11.5. The highest BCUT2D eigenvalue weighted by Gasteiger charge is 2.37. The van der Waals surface area contributed by atoms with E-state index in [1.54, 1.807) is 0 Å². The van der Waals surface area contributed by atoms with Gasteiger partial charge in [0.25, 0.3) is 11.6 Å². The number of nitro benzene ring substituents is 1. The number of nitrogens with zero attached hydrogens (tertiary/aromatic N) is 1. The maximum Gasteiger partial charge on any atom is 0.417 e. The first kappa shape index (κ1) is 17.3. The van der Waals surface area contributed by atoms with Crippen LogP contribution in [-0.4, -0.2) is 10.8 Å². The van der Waals surface area contributed by atoms with E-state index in [1.165, 1.54) is 0 Å². The van der Waals surface area contributed by atoms with Crippen LogP contribution >= 0.6 is 0 Å². The number of carbonyl (C=O) groups is 1. The number of carbonyl (C=O) groups excluding carboxylic acids is 1. The van der Waals surface area contributed by atoms with Gasteiger partial charge in [0.1, 0.15) is 11.6 Å². The molecule has 0 heterocycles. The fourth-order valence-electron chi connectivity index (χ4n) is 2.08. The number of non-ortho nitro benzene ring substituents is 1. The molecule has 0 radical (unpaired) electrons. The van der Waals surface area contributed by atoms with Gasteiger partial charge >= 0.3 is 6.18 Å². The number of hydrogen-bond donors (Lipinski definition) is 1. The molecule has 0 bridgehead atoms. The molecule has 0 unspecified atom stereocenters. The molecule has 0 aliphatic heterocycles. The molecule has 5 nitrogen and oxygen atoms in total. The molecule has 0 spiro atoms. The highest BCUT2D eigenvalue weighted by Crippen LogP contribution is 2.37. The van der Waals surface area contributed by atoms with Gasteiger partial charge in [0.05, 0.1) is 16.1 Å². The van der Waals surface area contributed by atoms with Crippen molar-refractivity contribution in [3.05, 3.63) is 63.2 Å². The van der Waals surface area contributed by atoms with Crippen molar-refractivity contribution in [2.45, 2.75) is 6.18 Å². The number of primary amides is 1.